The molecule has 1 aliphatic rings. The first-order chi connectivity index (χ1) is 12.6. The van der Waals surface area contributed by atoms with Gasteiger partial charge in [0.15, 0.2) is 12.9 Å². The molecule has 0 atom stereocenters. The Hall–Kier alpha value is -2.34. The van der Waals surface area contributed by atoms with E-state index in [0.717, 1.165) is 28.8 Å². The lowest BCUT2D eigenvalue weighted by molar-refractivity contribution is -0.118. The number of carbonyl (C=O) groups is 2. The van der Waals surface area contributed by atoms with Crippen molar-refractivity contribution in [3.8, 4) is 5.75 Å². The van der Waals surface area contributed by atoms with Gasteiger partial charge in [-0.25, -0.2) is 0 Å². The number of hydrogen-bond donors (Lipinski definition) is 1. The minimum atomic E-state index is -0.262. The maximum absolute atomic E-state index is 12.2. The van der Waals surface area contributed by atoms with E-state index in [0.29, 0.717) is 17.6 Å². The number of aryl methyl sites for hydroxylation is 1. The van der Waals surface area contributed by atoms with Gasteiger partial charge in [0.2, 0.25) is 0 Å². The van der Waals surface area contributed by atoms with Gasteiger partial charge in [0.05, 0.1) is 5.56 Å². The van der Waals surface area contributed by atoms with Crippen molar-refractivity contribution in [1.29, 1.82) is 0 Å². The van der Waals surface area contributed by atoms with E-state index in [1.165, 1.54) is 18.5 Å². The molecule has 6 heteroatoms. The molecule has 1 N–H and O–H groups in total. The van der Waals surface area contributed by atoms with Crippen molar-refractivity contribution in [3.05, 3.63) is 52.0 Å². The molecule has 0 spiro atoms. The molecule has 1 amide bonds. The molecule has 5 nitrogen and oxygen atoms in total. The van der Waals surface area contributed by atoms with E-state index < -0.39 is 0 Å². The largest absolute Gasteiger partial charge is 0.483 e. The van der Waals surface area contributed by atoms with E-state index in [9.17, 15) is 9.59 Å². The van der Waals surface area contributed by atoms with Crippen LogP contribution in [0.25, 0.3) is 0 Å². The van der Waals surface area contributed by atoms with Crippen LogP contribution in [0.15, 0.2) is 40.9 Å². The van der Waals surface area contributed by atoms with Crippen molar-refractivity contribution in [1.82, 2.24) is 0 Å². The van der Waals surface area contributed by atoms with E-state index in [-0.39, 0.29) is 12.5 Å². The highest BCUT2D eigenvalue weighted by atomic mass is 79.9. The average molecular weight is 417 g/mol. The average Bonchev–Trinajstić information content (AvgIpc) is 3.17. The molecular formula is C20H21BrN2O3. The number of amides is 1. The summed E-state index contributed by atoms with van der Waals surface area (Å²) in [5.41, 5.74) is 3.38. The van der Waals surface area contributed by atoms with Crippen molar-refractivity contribution in [3.63, 3.8) is 0 Å². The molecule has 1 fully saturated rings. The molecule has 1 aliphatic heterocycles. The van der Waals surface area contributed by atoms with Gasteiger partial charge in [0.1, 0.15) is 5.75 Å². The molecule has 0 aliphatic carbocycles. The van der Waals surface area contributed by atoms with Gasteiger partial charge in [-0.1, -0.05) is 15.9 Å². The summed E-state index contributed by atoms with van der Waals surface area (Å²) >= 11 is 3.30. The second kappa shape index (κ2) is 8.36. The third kappa shape index (κ3) is 4.43. The lowest BCUT2D eigenvalue weighted by atomic mass is 10.1. The molecule has 0 radical (unpaired) electrons. The Morgan fingerprint density at radius 2 is 2.00 bits per heavy atom. The third-order valence-corrected chi connectivity index (χ3v) is 4.91. The van der Waals surface area contributed by atoms with Gasteiger partial charge in [-0.3, -0.25) is 9.59 Å². The monoisotopic (exact) mass is 416 g/mol. The zero-order valence-electron chi connectivity index (χ0n) is 14.6. The van der Waals surface area contributed by atoms with Crippen LogP contribution in [-0.2, 0) is 4.79 Å². The fraction of sp³-hybridized carbons (Fsp3) is 0.300. The number of rotatable bonds is 6. The summed E-state index contributed by atoms with van der Waals surface area (Å²) in [6.45, 7) is 4.00. The van der Waals surface area contributed by atoms with Crippen molar-refractivity contribution in [2.45, 2.75) is 19.8 Å². The highest BCUT2D eigenvalue weighted by Gasteiger charge is 2.14. The lowest BCUT2D eigenvalue weighted by Crippen LogP contribution is -2.21. The van der Waals surface area contributed by atoms with Crippen molar-refractivity contribution >= 4 is 39.5 Å². The van der Waals surface area contributed by atoms with E-state index in [4.69, 9.17) is 4.74 Å². The molecule has 26 heavy (non-hydrogen) atoms. The maximum atomic E-state index is 12.2. The molecular weight excluding hydrogens is 396 g/mol. The molecule has 3 rings (SSSR count). The Balaban J connectivity index is 1.60. The zero-order chi connectivity index (χ0) is 18.5. The molecule has 1 saturated heterocycles. The van der Waals surface area contributed by atoms with Crippen LogP contribution in [0.3, 0.4) is 0 Å². The number of ether oxygens (including phenoxy) is 1. The van der Waals surface area contributed by atoms with E-state index in [2.05, 4.69) is 32.2 Å². The zero-order valence-corrected chi connectivity index (χ0v) is 16.2. The van der Waals surface area contributed by atoms with Crippen LogP contribution in [0.1, 0.15) is 28.8 Å². The smallest absolute Gasteiger partial charge is 0.262 e. The van der Waals surface area contributed by atoms with Crippen LogP contribution in [0.4, 0.5) is 11.4 Å². The Labute approximate surface area is 161 Å². The number of benzene rings is 2. The fourth-order valence-electron chi connectivity index (χ4n) is 3.03. The number of carbonyl (C=O) groups excluding carboxylic acids is 2. The lowest BCUT2D eigenvalue weighted by Gasteiger charge is -2.19. The first kappa shape index (κ1) is 18.5. The minimum absolute atomic E-state index is 0.157. The number of halogens is 1. The summed E-state index contributed by atoms with van der Waals surface area (Å²) in [7, 11) is 0. The molecule has 0 aromatic heterocycles. The Kier molecular flexibility index (Phi) is 5.93. The predicted molar refractivity (Wildman–Crippen MR) is 106 cm³/mol. The molecule has 136 valence electrons. The summed E-state index contributed by atoms with van der Waals surface area (Å²) in [5.74, 6) is 0.126. The normalized spacial score (nSPS) is 13.5. The fourth-order valence-corrected chi connectivity index (χ4v) is 3.41. The second-order valence-electron chi connectivity index (χ2n) is 6.33. The van der Waals surface area contributed by atoms with Crippen LogP contribution in [-0.4, -0.2) is 31.9 Å². The van der Waals surface area contributed by atoms with Gasteiger partial charge in [-0.15, -0.1) is 0 Å². The van der Waals surface area contributed by atoms with Gasteiger partial charge >= 0.3 is 0 Å². The van der Waals surface area contributed by atoms with Crippen LogP contribution in [0.5, 0.6) is 5.75 Å². The molecule has 0 bridgehead atoms. The molecule has 2 aromatic carbocycles. The number of aldehydes is 1. The first-order valence-corrected chi connectivity index (χ1v) is 9.39. The minimum Gasteiger partial charge on any atom is -0.483 e. The SMILES string of the molecule is Cc1cc(N2CCCC2)ccc1NC(=O)COc1ccc(Br)cc1C=O. The van der Waals surface area contributed by atoms with Gasteiger partial charge in [-0.05, 0) is 61.7 Å². The predicted octanol–water partition coefficient (Wildman–Crippen LogP) is 4.19. The maximum Gasteiger partial charge on any atom is 0.262 e. The van der Waals surface area contributed by atoms with Crippen molar-refractivity contribution in [2.24, 2.45) is 0 Å². The first-order valence-electron chi connectivity index (χ1n) is 8.60. The van der Waals surface area contributed by atoms with Crippen LogP contribution >= 0.6 is 15.9 Å². The summed E-state index contributed by atoms with van der Waals surface area (Å²) in [5, 5.41) is 2.87. The Bertz CT molecular complexity index is 817. The van der Waals surface area contributed by atoms with Gasteiger partial charge in [0, 0.05) is 28.9 Å². The number of hydrogen-bond acceptors (Lipinski definition) is 4. The number of nitrogens with zero attached hydrogens (tertiary/aromatic N) is 1. The molecule has 0 saturated carbocycles. The summed E-state index contributed by atoms with van der Waals surface area (Å²) in [4.78, 5) is 25.7. The van der Waals surface area contributed by atoms with Gasteiger partial charge in [-0.2, -0.15) is 0 Å². The van der Waals surface area contributed by atoms with E-state index in [1.54, 1.807) is 18.2 Å². The molecule has 1 heterocycles. The van der Waals surface area contributed by atoms with Gasteiger partial charge in [0.25, 0.3) is 5.91 Å². The Morgan fingerprint density at radius 1 is 1.23 bits per heavy atom. The van der Waals surface area contributed by atoms with Crippen LogP contribution < -0.4 is 15.0 Å². The second-order valence-corrected chi connectivity index (χ2v) is 7.25. The third-order valence-electron chi connectivity index (χ3n) is 4.41. The Morgan fingerprint density at radius 3 is 2.69 bits per heavy atom. The van der Waals surface area contributed by atoms with E-state index >= 15 is 0 Å². The van der Waals surface area contributed by atoms with E-state index in [1.807, 2.05) is 19.1 Å². The summed E-state index contributed by atoms with van der Waals surface area (Å²) < 4.78 is 6.27. The standard InChI is InChI=1S/C20H21BrN2O3/c1-14-10-17(23-8-2-3-9-23)5-6-18(14)22-20(25)13-26-19-7-4-16(21)11-15(19)12-24/h4-7,10-12H,2-3,8-9,13H2,1H3,(H,22,25). The molecule has 2 aromatic rings. The van der Waals surface area contributed by atoms with Crippen LogP contribution in [0, 0.1) is 6.92 Å². The van der Waals surface area contributed by atoms with Crippen molar-refractivity contribution in [2.75, 3.05) is 29.9 Å². The van der Waals surface area contributed by atoms with Crippen LogP contribution in [0.2, 0.25) is 0 Å². The molecule has 0 unspecified atom stereocenters. The highest BCUT2D eigenvalue weighted by Crippen LogP contribution is 2.26. The summed E-state index contributed by atoms with van der Waals surface area (Å²) in [6.07, 6.45) is 3.17. The quantitative estimate of drug-likeness (QED) is 0.717. The summed E-state index contributed by atoms with van der Waals surface area (Å²) in [6, 6.07) is 11.1. The number of nitrogens with one attached hydrogen (secondary N) is 1. The highest BCUT2D eigenvalue weighted by molar-refractivity contribution is 9.10. The van der Waals surface area contributed by atoms with Gasteiger partial charge < -0.3 is 15.0 Å². The topological polar surface area (TPSA) is 58.6 Å². The van der Waals surface area contributed by atoms with Crippen molar-refractivity contribution < 1.29 is 14.3 Å². The number of anilines is 2.